The summed E-state index contributed by atoms with van der Waals surface area (Å²) >= 11 is 0. The second-order valence-corrected chi connectivity index (χ2v) is 5.23. The van der Waals surface area contributed by atoms with Crippen LogP contribution in [0.5, 0.6) is 0 Å². The van der Waals surface area contributed by atoms with Crippen LogP contribution in [0, 0.1) is 13.8 Å². The lowest BCUT2D eigenvalue weighted by Crippen LogP contribution is -2.43. The zero-order valence-electron chi connectivity index (χ0n) is 12.6. The molecule has 1 fully saturated rings. The highest BCUT2D eigenvalue weighted by Gasteiger charge is 2.50. The molecule has 0 saturated carbocycles. The van der Waals surface area contributed by atoms with Gasteiger partial charge in [-0.2, -0.15) is 0 Å². The van der Waals surface area contributed by atoms with E-state index in [9.17, 15) is 14.4 Å². The van der Waals surface area contributed by atoms with Gasteiger partial charge >= 0.3 is 6.03 Å². The molecule has 1 aliphatic rings. The van der Waals surface area contributed by atoms with Gasteiger partial charge in [0.15, 0.2) is 0 Å². The van der Waals surface area contributed by atoms with Crippen molar-refractivity contribution in [3.63, 3.8) is 0 Å². The van der Waals surface area contributed by atoms with Crippen LogP contribution >= 0.6 is 0 Å². The third-order valence-corrected chi connectivity index (χ3v) is 3.53. The molecular formula is C14H19N3O4. The minimum atomic E-state index is -1.20. The lowest BCUT2D eigenvalue weighted by molar-refractivity contribution is -0.134. The van der Waals surface area contributed by atoms with Crippen LogP contribution in [0.15, 0.2) is 10.5 Å². The largest absolute Gasteiger partial charge is 0.466 e. The number of aryl methyl sites for hydroxylation is 2. The topological polar surface area (TPSA) is 91.7 Å². The summed E-state index contributed by atoms with van der Waals surface area (Å²) in [4.78, 5) is 37.1. The molecule has 4 amide bonds. The summed E-state index contributed by atoms with van der Waals surface area (Å²) in [7, 11) is 0. The number of furan rings is 1. The Morgan fingerprint density at radius 2 is 2.10 bits per heavy atom. The Balaban J connectivity index is 2.28. The Bertz CT molecular complexity index is 607. The third kappa shape index (κ3) is 2.51. The molecule has 1 aromatic heterocycles. The number of imide groups is 1. The van der Waals surface area contributed by atoms with Crippen LogP contribution in [-0.2, 0) is 15.1 Å². The van der Waals surface area contributed by atoms with Crippen molar-refractivity contribution in [2.24, 2.45) is 0 Å². The van der Waals surface area contributed by atoms with Crippen molar-refractivity contribution in [3.05, 3.63) is 23.2 Å². The smallest absolute Gasteiger partial charge is 0.325 e. The quantitative estimate of drug-likeness (QED) is 0.803. The third-order valence-electron chi connectivity index (χ3n) is 3.53. The summed E-state index contributed by atoms with van der Waals surface area (Å²) in [6.45, 7) is 7.05. The van der Waals surface area contributed by atoms with Gasteiger partial charge < -0.3 is 15.1 Å². The van der Waals surface area contributed by atoms with E-state index in [-0.39, 0.29) is 12.5 Å². The number of likely N-dealkylation sites (N-methyl/N-ethyl adjacent to an activating group) is 1. The van der Waals surface area contributed by atoms with Gasteiger partial charge in [-0.25, -0.2) is 4.79 Å². The molecule has 1 atom stereocenters. The lowest BCUT2D eigenvalue weighted by Gasteiger charge is -2.21. The fourth-order valence-electron chi connectivity index (χ4n) is 2.55. The van der Waals surface area contributed by atoms with E-state index in [2.05, 4.69) is 10.6 Å². The molecule has 1 unspecified atom stereocenters. The van der Waals surface area contributed by atoms with Crippen molar-refractivity contribution in [1.82, 2.24) is 15.5 Å². The van der Waals surface area contributed by atoms with Gasteiger partial charge in [0, 0.05) is 12.1 Å². The first-order valence-electron chi connectivity index (χ1n) is 6.78. The maximum atomic E-state index is 12.6. The minimum Gasteiger partial charge on any atom is -0.466 e. The number of nitrogens with zero attached hydrogens (tertiary/aromatic N) is 1. The Kier molecular flexibility index (Phi) is 3.76. The van der Waals surface area contributed by atoms with E-state index in [1.54, 1.807) is 33.8 Å². The predicted molar refractivity (Wildman–Crippen MR) is 74.5 cm³/mol. The Labute approximate surface area is 122 Å². The zero-order chi connectivity index (χ0) is 15.8. The normalized spacial score (nSPS) is 21.6. The van der Waals surface area contributed by atoms with Crippen LogP contribution in [0.25, 0.3) is 0 Å². The summed E-state index contributed by atoms with van der Waals surface area (Å²) in [5.41, 5.74) is -0.595. The zero-order valence-corrected chi connectivity index (χ0v) is 12.6. The summed E-state index contributed by atoms with van der Waals surface area (Å²) in [5, 5.41) is 5.21. The van der Waals surface area contributed by atoms with E-state index in [0.29, 0.717) is 23.6 Å². The summed E-state index contributed by atoms with van der Waals surface area (Å²) in [6, 6.07) is 1.15. The van der Waals surface area contributed by atoms with Gasteiger partial charge in [-0.3, -0.25) is 14.5 Å². The molecule has 1 aliphatic heterocycles. The van der Waals surface area contributed by atoms with Crippen molar-refractivity contribution in [2.45, 2.75) is 33.2 Å². The molecule has 0 aliphatic carbocycles. The van der Waals surface area contributed by atoms with E-state index in [0.717, 1.165) is 4.90 Å². The number of nitrogens with one attached hydrogen (secondary N) is 2. The standard InChI is InChI=1S/C14H19N3O4/c1-5-15-11(18)7-17-12(19)14(4,16-13(17)20)10-6-8(2)21-9(10)3/h6H,5,7H2,1-4H3,(H,15,18)(H,16,20). The maximum absolute atomic E-state index is 12.6. The van der Waals surface area contributed by atoms with E-state index < -0.39 is 17.5 Å². The molecule has 2 heterocycles. The van der Waals surface area contributed by atoms with Crippen LogP contribution in [0.2, 0.25) is 0 Å². The number of rotatable bonds is 4. The number of carbonyl (C=O) groups is 3. The molecule has 2 rings (SSSR count). The van der Waals surface area contributed by atoms with Crippen molar-refractivity contribution >= 4 is 17.8 Å². The molecule has 7 heteroatoms. The van der Waals surface area contributed by atoms with Crippen molar-refractivity contribution in [1.29, 1.82) is 0 Å². The van der Waals surface area contributed by atoms with Crippen LogP contribution in [0.1, 0.15) is 30.9 Å². The van der Waals surface area contributed by atoms with Crippen LogP contribution in [0.4, 0.5) is 4.79 Å². The first kappa shape index (κ1) is 15.1. The second kappa shape index (κ2) is 5.23. The lowest BCUT2D eigenvalue weighted by atomic mass is 9.92. The molecule has 2 N–H and O–H groups in total. The highest BCUT2D eigenvalue weighted by Crippen LogP contribution is 2.32. The van der Waals surface area contributed by atoms with Gasteiger partial charge in [0.05, 0.1) is 0 Å². The van der Waals surface area contributed by atoms with Gasteiger partial charge in [0.2, 0.25) is 5.91 Å². The van der Waals surface area contributed by atoms with Crippen molar-refractivity contribution in [3.8, 4) is 0 Å². The first-order chi connectivity index (χ1) is 9.79. The molecule has 114 valence electrons. The average Bonchev–Trinajstić information content (AvgIpc) is 2.83. The molecule has 0 spiro atoms. The summed E-state index contributed by atoms with van der Waals surface area (Å²) in [5.74, 6) is 0.407. The van der Waals surface area contributed by atoms with Crippen molar-refractivity contribution < 1.29 is 18.8 Å². The maximum Gasteiger partial charge on any atom is 0.325 e. The molecular weight excluding hydrogens is 274 g/mol. The second-order valence-electron chi connectivity index (χ2n) is 5.23. The van der Waals surface area contributed by atoms with E-state index in [4.69, 9.17) is 4.42 Å². The SMILES string of the molecule is CCNC(=O)CN1C(=O)NC(C)(c2cc(C)oc2C)C1=O. The predicted octanol–water partition coefficient (Wildman–Crippen LogP) is 0.800. The van der Waals surface area contributed by atoms with Gasteiger partial charge in [-0.15, -0.1) is 0 Å². The first-order valence-corrected chi connectivity index (χ1v) is 6.78. The highest BCUT2D eigenvalue weighted by atomic mass is 16.3. The van der Waals surface area contributed by atoms with E-state index in [1.807, 2.05) is 0 Å². The molecule has 0 radical (unpaired) electrons. The number of hydrogen-bond acceptors (Lipinski definition) is 4. The Morgan fingerprint density at radius 3 is 2.62 bits per heavy atom. The van der Waals surface area contributed by atoms with Gasteiger partial charge in [0.25, 0.3) is 5.91 Å². The molecule has 7 nitrogen and oxygen atoms in total. The fourth-order valence-corrected chi connectivity index (χ4v) is 2.55. The number of urea groups is 1. The van der Waals surface area contributed by atoms with Crippen LogP contribution in [-0.4, -0.2) is 35.8 Å². The fraction of sp³-hybridized carbons (Fsp3) is 0.500. The molecule has 0 bridgehead atoms. The number of amides is 4. The molecule has 21 heavy (non-hydrogen) atoms. The van der Waals surface area contributed by atoms with Crippen molar-refractivity contribution in [2.75, 3.05) is 13.1 Å². The summed E-state index contributed by atoms with van der Waals surface area (Å²) in [6.07, 6.45) is 0. The Hall–Kier alpha value is -2.31. The van der Waals surface area contributed by atoms with Crippen LogP contribution in [0.3, 0.4) is 0 Å². The molecule has 1 aromatic rings. The highest BCUT2D eigenvalue weighted by molar-refractivity contribution is 6.09. The van der Waals surface area contributed by atoms with Gasteiger partial charge in [-0.1, -0.05) is 0 Å². The van der Waals surface area contributed by atoms with Gasteiger partial charge in [0.1, 0.15) is 23.6 Å². The Morgan fingerprint density at radius 1 is 1.43 bits per heavy atom. The monoisotopic (exact) mass is 293 g/mol. The van der Waals surface area contributed by atoms with E-state index in [1.165, 1.54) is 0 Å². The van der Waals surface area contributed by atoms with Crippen LogP contribution < -0.4 is 10.6 Å². The van der Waals surface area contributed by atoms with E-state index >= 15 is 0 Å². The number of carbonyl (C=O) groups excluding carboxylic acids is 3. The molecule has 1 saturated heterocycles. The molecule has 0 aromatic carbocycles. The minimum absolute atomic E-state index is 0.288. The number of hydrogen-bond donors (Lipinski definition) is 2. The van der Waals surface area contributed by atoms with Gasteiger partial charge in [-0.05, 0) is 33.8 Å². The summed E-state index contributed by atoms with van der Waals surface area (Å²) < 4.78 is 5.43. The average molecular weight is 293 g/mol.